The highest BCUT2D eigenvalue weighted by molar-refractivity contribution is 6.34. The smallest absolute Gasteiger partial charge is 0.121 e. The first-order chi connectivity index (χ1) is 10.3. The second-order valence-electron chi connectivity index (χ2n) is 6.37. The minimum atomic E-state index is -0.0372. The third-order valence-corrected chi connectivity index (χ3v) is 5.49. The minimum Gasteiger partial charge on any atom is -0.497 e. The molecule has 0 N–H and O–H groups in total. The summed E-state index contributed by atoms with van der Waals surface area (Å²) in [6.45, 7) is 8.94. The van der Waals surface area contributed by atoms with Crippen LogP contribution in [0.5, 0.6) is 11.5 Å². The Balaban J connectivity index is 2.59. The summed E-state index contributed by atoms with van der Waals surface area (Å²) in [6, 6.07) is 10.6. The molecule has 2 nitrogen and oxygen atoms in total. The van der Waals surface area contributed by atoms with Gasteiger partial charge in [-0.25, -0.2) is 0 Å². The van der Waals surface area contributed by atoms with Crippen molar-refractivity contribution in [3.63, 3.8) is 0 Å². The molecule has 0 heterocycles. The maximum atomic E-state index is 5.52. The fourth-order valence-electron chi connectivity index (χ4n) is 3.37. The number of ether oxygens (including phenoxy) is 2. The van der Waals surface area contributed by atoms with E-state index in [0.717, 1.165) is 21.7 Å². The summed E-state index contributed by atoms with van der Waals surface area (Å²) in [6.07, 6.45) is 0. The molecule has 0 spiro atoms. The van der Waals surface area contributed by atoms with Crippen molar-refractivity contribution in [3.05, 3.63) is 52.6 Å². The molecule has 0 aliphatic rings. The van der Waals surface area contributed by atoms with E-state index < -0.39 is 0 Å². The van der Waals surface area contributed by atoms with Crippen molar-refractivity contribution in [1.82, 2.24) is 0 Å². The van der Waals surface area contributed by atoms with Gasteiger partial charge in [0.2, 0.25) is 0 Å². The maximum Gasteiger partial charge on any atom is 0.121 e. The topological polar surface area (TPSA) is 18.5 Å². The van der Waals surface area contributed by atoms with Crippen molar-refractivity contribution in [2.24, 2.45) is 0 Å². The Labute approximate surface area is 136 Å². The first-order valence-electron chi connectivity index (χ1n) is 7.62. The van der Waals surface area contributed by atoms with Crippen molar-refractivity contribution in [1.29, 1.82) is 0 Å². The molecule has 0 saturated carbocycles. The Morgan fingerprint density at radius 2 is 1.50 bits per heavy atom. The Kier molecular flexibility index (Phi) is 4.66. The lowest BCUT2D eigenvalue weighted by Crippen LogP contribution is -2.29. The summed E-state index contributed by atoms with van der Waals surface area (Å²) in [5.74, 6) is 1.89. The molecule has 0 unspecified atom stereocenters. The van der Waals surface area contributed by atoms with Crippen molar-refractivity contribution in [2.45, 2.75) is 33.1 Å². The average Bonchev–Trinajstić information content (AvgIpc) is 2.50. The SMILES string of the molecule is COc1ccc(C(C)(C)c2c([SiH3])cc(OC)c(C)c2C)cc1. The highest BCUT2D eigenvalue weighted by Gasteiger charge is 2.28. The molecule has 0 saturated heterocycles. The van der Waals surface area contributed by atoms with Gasteiger partial charge < -0.3 is 9.47 Å². The van der Waals surface area contributed by atoms with E-state index in [-0.39, 0.29) is 5.41 Å². The van der Waals surface area contributed by atoms with E-state index in [0.29, 0.717) is 0 Å². The van der Waals surface area contributed by atoms with E-state index in [4.69, 9.17) is 9.47 Å². The summed E-state index contributed by atoms with van der Waals surface area (Å²) < 4.78 is 10.8. The van der Waals surface area contributed by atoms with Gasteiger partial charge in [-0.05, 0) is 54.3 Å². The molecule has 22 heavy (non-hydrogen) atoms. The molecular formula is C19H26O2Si. The fraction of sp³-hybridized carbons (Fsp3) is 0.368. The zero-order valence-electron chi connectivity index (χ0n) is 14.7. The Hall–Kier alpha value is -1.74. The fourth-order valence-corrected chi connectivity index (χ4v) is 4.63. The van der Waals surface area contributed by atoms with Crippen LogP contribution < -0.4 is 14.7 Å². The van der Waals surface area contributed by atoms with Crippen molar-refractivity contribution in [3.8, 4) is 11.5 Å². The Bertz CT molecular complexity index is 673. The van der Waals surface area contributed by atoms with E-state index in [1.54, 1.807) is 14.2 Å². The zero-order valence-corrected chi connectivity index (χ0v) is 16.7. The highest BCUT2D eigenvalue weighted by atomic mass is 28.1. The number of hydrogen-bond acceptors (Lipinski definition) is 2. The second-order valence-corrected chi connectivity index (χ2v) is 7.45. The van der Waals surface area contributed by atoms with E-state index in [1.807, 2.05) is 12.1 Å². The molecule has 118 valence electrons. The van der Waals surface area contributed by atoms with Crippen LogP contribution in [0.4, 0.5) is 0 Å². The predicted octanol–water partition coefficient (Wildman–Crippen LogP) is 2.64. The van der Waals surface area contributed by atoms with Gasteiger partial charge in [0.05, 0.1) is 14.2 Å². The molecular weight excluding hydrogens is 288 g/mol. The molecule has 2 aromatic carbocycles. The number of benzene rings is 2. The standard InChI is InChI=1S/C19H26O2Si/c1-12-13(2)18(17(22)11-16(12)21-6)19(3,4)14-7-9-15(20-5)10-8-14/h7-11H,1-6,22H3. The molecule has 0 radical (unpaired) electrons. The van der Waals surface area contributed by atoms with Crippen LogP contribution in [0.2, 0.25) is 0 Å². The summed E-state index contributed by atoms with van der Waals surface area (Å²) in [5, 5.41) is 1.40. The number of rotatable bonds is 4. The molecule has 0 atom stereocenters. The minimum absolute atomic E-state index is 0.0372. The largest absolute Gasteiger partial charge is 0.497 e. The normalized spacial score (nSPS) is 11.5. The first-order valence-corrected chi connectivity index (χ1v) is 8.62. The molecule has 0 fully saturated rings. The molecule has 0 aliphatic carbocycles. The molecule has 0 amide bonds. The van der Waals surface area contributed by atoms with Crippen LogP contribution in [0.1, 0.15) is 36.1 Å². The van der Waals surface area contributed by atoms with Crippen LogP contribution in [0.15, 0.2) is 30.3 Å². The zero-order chi connectivity index (χ0) is 16.5. The van der Waals surface area contributed by atoms with Crippen LogP contribution >= 0.6 is 0 Å². The summed E-state index contributed by atoms with van der Waals surface area (Å²) in [4.78, 5) is 0. The molecule has 0 aromatic heterocycles. The molecule has 3 heteroatoms. The van der Waals surface area contributed by atoms with Gasteiger partial charge in [-0.2, -0.15) is 0 Å². The predicted molar refractivity (Wildman–Crippen MR) is 97.2 cm³/mol. The quantitative estimate of drug-likeness (QED) is 0.808. The van der Waals surface area contributed by atoms with E-state index in [9.17, 15) is 0 Å². The molecule has 0 bridgehead atoms. The third-order valence-electron chi connectivity index (χ3n) is 4.71. The van der Waals surface area contributed by atoms with Crippen LogP contribution in [-0.2, 0) is 5.41 Å². The Morgan fingerprint density at radius 1 is 0.909 bits per heavy atom. The number of hydrogen-bond donors (Lipinski definition) is 0. The van der Waals surface area contributed by atoms with Gasteiger partial charge in [-0.1, -0.05) is 31.2 Å². The lowest BCUT2D eigenvalue weighted by molar-refractivity contribution is 0.411. The third kappa shape index (κ3) is 2.78. The molecule has 2 rings (SSSR count). The van der Waals surface area contributed by atoms with Gasteiger partial charge in [0.15, 0.2) is 0 Å². The molecule has 2 aromatic rings. The van der Waals surface area contributed by atoms with Gasteiger partial charge >= 0.3 is 0 Å². The lowest BCUT2D eigenvalue weighted by atomic mass is 9.75. The van der Waals surface area contributed by atoms with Crippen LogP contribution in [0.25, 0.3) is 0 Å². The van der Waals surface area contributed by atoms with Gasteiger partial charge in [0.1, 0.15) is 11.5 Å². The first kappa shape index (κ1) is 16.6. The van der Waals surface area contributed by atoms with Crippen molar-refractivity contribution in [2.75, 3.05) is 14.2 Å². The maximum absolute atomic E-state index is 5.52. The van der Waals surface area contributed by atoms with Crippen LogP contribution in [0.3, 0.4) is 0 Å². The van der Waals surface area contributed by atoms with Crippen LogP contribution in [0, 0.1) is 13.8 Å². The highest BCUT2D eigenvalue weighted by Crippen LogP contribution is 2.36. The van der Waals surface area contributed by atoms with E-state index >= 15 is 0 Å². The monoisotopic (exact) mass is 314 g/mol. The number of methoxy groups -OCH3 is 2. The average molecular weight is 315 g/mol. The molecule has 0 aliphatic heterocycles. The van der Waals surface area contributed by atoms with Gasteiger partial charge in [0.25, 0.3) is 0 Å². The second kappa shape index (κ2) is 6.17. The summed E-state index contributed by atoms with van der Waals surface area (Å²) >= 11 is 0. The van der Waals surface area contributed by atoms with Crippen molar-refractivity contribution < 1.29 is 9.47 Å². The Morgan fingerprint density at radius 3 is 2.00 bits per heavy atom. The van der Waals surface area contributed by atoms with E-state index in [2.05, 4.69) is 45.9 Å². The van der Waals surface area contributed by atoms with E-state index in [1.165, 1.54) is 27.4 Å². The van der Waals surface area contributed by atoms with Crippen LogP contribution in [-0.4, -0.2) is 24.5 Å². The van der Waals surface area contributed by atoms with Gasteiger partial charge in [-0.15, -0.1) is 0 Å². The summed E-state index contributed by atoms with van der Waals surface area (Å²) in [7, 11) is 4.45. The van der Waals surface area contributed by atoms with Crippen molar-refractivity contribution >= 4 is 15.4 Å². The summed E-state index contributed by atoms with van der Waals surface area (Å²) in [5.41, 5.74) is 5.27. The van der Waals surface area contributed by atoms with Gasteiger partial charge in [-0.3, -0.25) is 0 Å². The van der Waals surface area contributed by atoms with Gasteiger partial charge in [0, 0.05) is 15.7 Å². The lowest BCUT2D eigenvalue weighted by Gasteiger charge is -2.31.